The molecule has 0 spiro atoms. The van der Waals surface area contributed by atoms with Gasteiger partial charge >= 0.3 is 0 Å². The zero-order valence-corrected chi connectivity index (χ0v) is 12.7. The van der Waals surface area contributed by atoms with Crippen LogP contribution in [0.5, 0.6) is 5.88 Å². The normalized spacial score (nSPS) is 10.7. The highest BCUT2D eigenvalue weighted by Gasteiger charge is 2.16. The van der Waals surface area contributed by atoms with E-state index in [1.165, 1.54) is 0 Å². The summed E-state index contributed by atoms with van der Waals surface area (Å²) >= 11 is 0. The first kappa shape index (κ1) is 14.2. The van der Waals surface area contributed by atoms with Crippen molar-refractivity contribution in [2.75, 3.05) is 0 Å². The molecule has 22 heavy (non-hydrogen) atoms. The first-order chi connectivity index (χ1) is 10.6. The van der Waals surface area contributed by atoms with Crippen molar-refractivity contribution < 1.29 is 9.26 Å². The molecular weight excluding hydrogens is 280 g/mol. The molecule has 0 fully saturated rings. The van der Waals surface area contributed by atoms with Crippen molar-refractivity contribution in [3.63, 3.8) is 0 Å². The zero-order valence-electron chi connectivity index (χ0n) is 12.7. The Kier molecular flexibility index (Phi) is 3.82. The molecule has 0 N–H and O–H groups in total. The monoisotopic (exact) mass is 296 g/mol. The number of pyridine rings is 1. The zero-order chi connectivity index (χ0) is 15.5. The molecule has 0 aromatic carbocycles. The average molecular weight is 296 g/mol. The Morgan fingerprint density at radius 1 is 1.14 bits per heavy atom. The molecule has 3 aromatic heterocycles. The molecule has 0 saturated carbocycles. The van der Waals surface area contributed by atoms with Gasteiger partial charge in [-0.1, -0.05) is 5.16 Å². The van der Waals surface area contributed by atoms with Crippen molar-refractivity contribution in [1.82, 2.24) is 20.3 Å². The average Bonchev–Trinajstić information content (AvgIpc) is 2.88. The maximum Gasteiger partial charge on any atom is 0.236 e. The standard InChI is InChI=1S/C16H16N4O2/c1-10-6-7-18-19-16(10)21-9-14-12(3)22-20-15(14)13-5-4-11(2)17-8-13/h4-8H,9H2,1-3H3. The SMILES string of the molecule is Cc1ccc(-c2noc(C)c2COc2nnccc2C)cn1. The van der Waals surface area contributed by atoms with Crippen molar-refractivity contribution in [1.29, 1.82) is 0 Å². The van der Waals surface area contributed by atoms with E-state index in [9.17, 15) is 0 Å². The topological polar surface area (TPSA) is 73.9 Å². The molecule has 6 heteroatoms. The summed E-state index contributed by atoms with van der Waals surface area (Å²) in [4.78, 5) is 4.29. The summed E-state index contributed by atoms with van der Waals surface area (Å²) in [6, 6.07) is 5.76. The maximum atomic E-state index is 5.75. The van der Waals surface area contributed by atoms with Crippen LogP contribution in [0, 0.1) is 20.8 Å². The summed E-state index contributed by atoms with van der Waals surface area (Å²) in [5.74, 6) is 1.23. The first-order valence-electron chi connectivity index (χ1n) is 6.94. The highest BCUT2D eigenvalue weighted by atomic mass is 16.5. The van der Waals surface area contributed by atoms with E-state index >= 15 is 0 Å². The van der Waals surface area contributed by atoms with Gasteiger partial charge < -0.3 is 9.26 Å². The third-order valence-electron chi connectivity index (χ3n) is 3.40. The lowest BCUT2D eigenvalue weighted by Gasteiger charge is -2.07. The van der Waals surface area contributed by atoms with Crippen molar-refractivity contribution in [2.45, 2.75) is 27.4 Å². The minimum absolute atomic E-state index is 0.318. The van der Waals surface area contributed by atoms with E-state index in [0.717, 1.165) is 33.8 Å². The number of hydrogen-bond donors (Lipinski definition) is 0. The molecule has 0 saturated heterocycles. The van der Waals surface area contributed by atoms with Crippen LogP contribution < -0.4 is 4.74 Å². The van der Waals surface area contributed by atoms with E-state index in [1.807, 2.05) is 39.0 Å². The molecule has 0 unspecified atom stereocenters. The molecule has 3 aromatic rings. The molecule has 6 nitrogen and oxygen atoms in total. The fourth-order valence-corrected chi connectivity index (χ4v) is 2.06. The predicted octanol–water partition coefficient (Wildman–Crippen LogP) is 3.03. The van der Waals surface area contributed by atoms with Crippen molar-refractivity contribution in [3.8, 4) is 17.1 Å². The Labute approximate surface area is 128 Å². The second-order valence-corrected chi connectivity index (χ2v) is 5.06. The molecule has 0 atom stereocenters. The largest absolute Gasteiger partial charge is 0.471 e. The summed E-state index contributed by atoms with van der Waals surface area (Å²) in [5.41, 5.74) is 4.42. The van der Waals surface area contributed by atoms with Crippen LogP contribution in [0.25, 0.3) is 11.3 Å². The summed E-state index contributed by atoms with van der Waals surface area (Å²) < 4.78 is 11.1. The van der Waals surface area contributed by atoms with Crippen molar-refractivity contribution in [2.24, 2.45) is 0 Å². The second-order valence-electron chi connectivity index (χ2n) is 5.06. The van der Waals surface area contributed by atoms with Gasteiger partial charge in [0.15, 0.2) is 0 Å². The molecule has 0 aliphatic rings. The van der Waals surface area contributed by atoms with Gasteiger partial charge in [0.05, 0.1) is 11.8 Å². The second kappa shape index (κ2) is 5.93. The van der Waals surface area contributed by atoms with Crippen LogP contribution in [0.4, 0.5) is 0 Å². The summed E-state index contributed by atoms with van der Waals surface area (Å²) in [6.07, 6.45) is 3.42. The van der Waals surface area contributed by atoms with Crippen LogP contribution in [0.15, 0.2) is 35.1 Å². The van der Waals surface area contributed by atoms with Gasteiger partial charge in [-0.05, 0) is 39.0 Å². The lowest BCUT2D eigenvalue weighted by molar-refractivity contribution is 0.285. The number of hydrogen-bond acceptors (Lipinski definition) is 6. The van der Waals surface area contributed by atoms with E-state index in [2.05, 4.69) is 20.3 Å². The van der Waals surface area contributed by atoms with E-state index in [4.69, 9.17) is 9.26 Å². The van der Waals surface area contributed by atoms with Crippen LogP contribution in [0.3, 0.4) is 0 Å². The van der Waals surface area contributed by atoms with Gasteiger partial charge in [-0.25, -0.2) is 0 Å². The van der Waals surface area contributed by atoms with E-state index in [-0.39, 0.29) is 0 Å². The maximum absolute atomic E-state index is 5.75. The van der Waals surface area contributed by atoms with Crippen LogP contribution in [0.1, 0.15) is 22.6 Å². The number of rotatable bonds is 4. The molecule has 3 rings (SSSR count). The quantitative estimate of drug-likeness (QED) is 0.736. The molecule has 3 heterocycles. The van der Waals surface area contributed by atoms with Gasteiger partial charge in [-0.3, -0.25) is 4.98 Å². The third kappa shape index (κ3) is 2.81. The Hall–Kier alpha value is -2.76. The third-order valence-corrected chi connectivity index (χ3v) is 3.40. The van der Waals surface area contributed by atoms with Crippen molar-refractivity contribution >= 4 is 0 Å². The Morgan fingerprint density at radius 3 is 2.73 bits per heavy atom. The van der Waals surface area contributed by atoms with Gasteiger partial charge in [0.2, 0.25) is 5.88 Å². The smallest absolute Gasteiger partial charge is 0.236 e. The van der Waals surface area contributed by atoms with E-state index in [1.54, 1.807) is 12.4 Å². The van der Waals surface area contributed by atoms with Crippen LogP contribution in [-0.4, -0.2) is 20.3 Å². The van der Waals surface area contributed by atoms with Crippen molar-refractivity contribution in [3.05, 3.63) is 53.2 Å². The molecule has 112 valence electrons. The molecule has 0 aliphatic heterocycles. The van der Waals surface area contributed by atoms with Gasteiger partial charge in [0.25, 0.3) is 0 Å². The highest BCUT2D eigenvalue weighted by molar-refractivity contribution is 5.62. The molecule has 0 bridgehead atoms. The number of ether oxygens (including phenoxy) is 1. The van der Waals surface area contributed by atoms with Gasteiger partial charge in [-0.15, -0.1) is 5.10 Å². The summed E-state index contributed by atoms with van der Waals surface area (Å²) in [7, 11) is 0. The Morgan fingerprint density at radius 2 is 2.00 bits per heavy atom. The molecular formula is C16H16N4O2. The Bertz CT molecular complexity index is 781. The minimum Gasteiger partial charge on any atom is -0.471 e. The fourth-order valence-electron chi connectivity index (χ4n) is 2.06. The first-order valence-corrected chi connectivity index (χ1v) is 6.94. The lowest BCUT2D eigenvalue weighted by atomic mass is 10.1. The van der Waals surface area contributed by atoms with E-state index in [0.29, 0.717) is 12.5 Å². The highest BCUT2D eigenvalue weighted by Crippen LogP contribution is 2.26. The predicted molar refractivity (Wildman–Crippen MR) is 80.3 cm³/mol. The number of aryl methyl sites for hydroxylation is 3. The minimum atomic E-state index is 0.318. The Balaban J connectivity index is 1.87. The fraction of sp³-hybridized carbons (Fsp3) is 0.250. The molecule has 0 radical (unpaired) electrons. The summed E-state index contributed by atoms with van der Waals surface area (Å²) in [6.45, 7) is 6.05. The lowest BCUT2D eigenvalue weighted by Crippen LogP contribution is -2.02. The molecule has 0 amide bonds. The van der Waals surface area contributed by atoms with Crippen LogP contribution in [0.2, 0.25) is 0 Å². The number of nitrogens with zero attached hydrogens (tertiary/aromatic N) is 4. The van der Waals surface area contributed by atoms with Gasteiger partial charge in [0.1, 0.15) is 18.1 Å². The number of aromatic nitrogens is 4. The van der Waals surface area contributed by atoms with Crippen LogP contribution in [-0.2, 0) is 6.61 Å². The summed E-state index contributed by atoms with van der Waals surface area (Å²) in [5, 5.41) is 11.9. The van der Waals surface area contributed by atoms with Gasteiger partial charge in [0, 0.05) is 23.0 Å². The molecule has 0 aliphatic carbocycles. The van der Waals surface area contributed by atoms with Crippen LogP contribution >= 0.6 is 0 Å². The van der Waals surface area contributed by atoms with Gasteiger partial charge in [-0.2, -0.15) is 5.10 Å². The van der Waals surface area contributed by atoms with E-state index < -0.39 is 0 Å².